The molecule has 2 aromatic carbocycles. The number of hydrogen-bond donors (Lipinski definition) is 1. The Hall–Kier alpha value is -3.42. The van der Waals surface area contributed by atoms with E-state index in [1.807, 2.05) is 23.6 Å². The van der Waals surface area contributed by atoms with Gasteiger partial charge in [0.1, 0.15) is 17.9 Å². The van der Waals surface area contributed by atoms with Gasteiger partial charge in [0.05, 0.1) is 5.69 Å². The third-order valence-corrected chi connectivity index (χ3v) is 5.42. The molecule has 0 bridgehead atoms. The third-order valence-electron chi connectivity index (χ3n) is 4.35. The lowest BCUT2D eigenvalue weighted by molar-refractivity contribution is -0.122. The van der Waals surface area contributed by atoms with E-state index < -0.39 is 17.8 Å². The van der Waals surface area contributed by atoms with Crippen LogP contribution in [0.15, 0.2) is 71.6 Å². The van der Waals surface area contributed by atoms with Gasteiger partial charge in [-0.2, -0.15) is 0 Å². The summed E-state index contributed by atoms with van der Waals surface area (Å²) < 4.78 is 5.73. The monoisotopic (exact) mass is 438 g/mol. The quantitative estimate of drug-likeness (QED) is 0.465. The van der Waals surface area contributed by atoms with Crippen molar-refractivity contribution in [3.05, 3.63) is 87.1 Å². The van der Waals surface area contributed by atoms with E-state index in [1.54, 1.807) is 42.5 Å². The van der Waals surface area contributed by atoms with Crippen LogP contribution in [0.4, 0.5) is 10.5 Å². The van der Waals surface area contributed by atoms with Crippen molar-refractivity contribution >= 4 is 52.5 Å². The second-order valence-corrected chi connectivity index (χ2v) is 7.80. The van der Waals surface area contributed by atoms with Crippen molar-refractivity contribution in [1.82, 2.24) is 5.32 Å². The van der Waals surface area contributed by atoms with E-state index in [-0.39, 0.29) is 5.57 Å². The average Bonchev–Trinajstić information content (AvgIpc) is 3.25. The molecule has 0 spiro atoms. The number of imide groups is 2. The zero-order chi connectivity index (χ0) is 21.1. The van der Waals surface area contributed by atoms with Crippen LogP contribution in [0, 0.1) is 0 Å². The van der Waals surface area contributed by atoms with Crippen LogP contribution >= 0.6 is 22.9 Å². The second kappa shape index (κ2) is 8.52. The van der Waals surface area contributed by atoms with Crippen LogP contribution in [0.3, 0.4) is 0 Å². The number of halogens is 1. The lowest BCUT2D eigenvalue weighted by Crippen LogP contribution is -2.54. The van der Waals surface area contributed by atoms with Gasteiger partial charge in [0.25, 0.3) is 11.8 Å². The molecule has 6 nitrogen and oxygen atoms in total. The van der Waals surface area contributed by atoms with Crippen molar-refractivity contribution in [1.29, 1.82) is 0 Å². The highest BCUT2D eigenvalue weighted by atomic mass is 35.5. The molecular formula is C22H15ClN2O4S. The molecule has 30 heavy (non-hydrogen) atoms. The van der Waals surface area contributed by atoms with Crippen LogP contribution in [0.5, 0.6) is 5.75 Å². The van der Waals surface area contributed by atoms with E-state index >= 15 is 0 Å². The van der Waals surface area contributed by atoms with Crippen LogP contribution in [0.25, 0.3) is 6.08 Å². The number of nitrogens with zero attached hydrogens (tertiary/aromatic N) is 1. The minimum Gasteiger partial charge on any atom is -0.489 e. The smallest absolute Gasteiger partial charge is 0.335 e. The Morgan fingerprint density at radius 1 is 1.00 bits per heavy atom. The van der Waals surface area contributed by atoms with Gasteiger partial charge in [0.2, 0.25) is 0 Å². The lowest BCUT2D eigenvalue weighted by Gasteiger charge is -2.26. The second-order valence-electron chi connectivity index (χ2n) is 6.38. The number of carbonyl (C=O) groups is 3. The molecule has 1 aliphatic rings. The van der Waals surface area contributed by atoms with Gasteiger partial charge in [-0.25, -0.2) is 9.69 Å². The van der Waals surface area contributed by atoms with Gasteiger partial charge in [0.15, 0.2) is 0 Å². The van der Waals surface area contributed by atoms with Crippen LogP contribution in [-0.4, -0.2) is 17.8 Å². The Labute approximate surface area is 181 Å². The molecule has 8 heteroatoms. The van der Waals surface area contributed by atoms with Crippen LogP contribution in [0.1, 0.15) is 10.4 Å². The summed E-state index contributed by atoms with van der Waals surface area (Å²) in [5.41, 5.74) is 1.19. The summed E-state index contributed by atoms with van der Waals surface area (Å²) in [6.07, 6.45) is 1.48. The fourth-order valence-corrected chi connectivity index (χ4v) is 3.63. The van der Waals surface area contributed by atoms with Gasteiger partial charge in [-0.15, -0.1) is 11.3 Å². The molecule has 1 N–H and O–H groups in total. The maximum absolute atomic E-state index is 12.8. The third kappa shape index (κ3) is 4.27. The van der Waals surface area contributed by atoms with E-state index in [0.29, 0.717) is 23.1 Å². The molecule has 2 heterocycles. The summed E-state index contributed by atoms with van der Waals surface area (Å²) in [6, 6.07) is 16.6. The van der Waals surface area contributed by atoms with Crippen LogP contribution in [0.2, 0.25) is 5.02 Å². The number of ether oxygens (including phenoxy) is 1. The molecular weight excluding hydrogens is 424 g/mol. The molecule has 0 aliphatic carbocycles. The topological polar surface area (TPSA) is 75.7 Å². The first-order chi connectivity index (χ1) is 14.5. The first kappa shape index (κ1) is 19.9. The summed E-state index contributed by atoms with van der Waals surface area (Å²) in [5, 5.41) is 4.70. The molecule has 0 radical (unpaired) electrons. The number of amides is 4. The van der Waals surface area contributed by atoms with Gasteiger partial charge >= 0.3 is 6.03 Å². The van der Waals surface area contributed by atoms with Gasteiger partial charge in [-0.05, 0) is 59.5 Å². The number of benzene rings is 2. The maximum Gasteiger partial charge on any atom is 0.335 e. The predicted octanol–water partition coefficient (Wildman–Crippen LogP) is 4.65. The largest absolute Gasteiger partial charge is 0.489 e. The Morgan fingerprint density at radius 2 is 1.73 bits per heavy atom. The van der Waals surface area contributed by atoms with Crippen molar-refractivity contribution in [3.63, 3.8) is 0 Å². The van der Waals surface area contributed by atoms with Gasteiger partial charge in [0, 0.05) is 9.90 Å². The molecule has 0 unspecified atom stereocenters. The maximum atomic E-state index is 12.8. The van der Waals surface area contributed by atoms with Gasteiger partial charge < -0.3 is 4.74 Å². The van der Waals surface area contributed by atoms with Crippen molar-refractivity contribution < 1.29 is 19.1 Å². The zero-order valence-corrected chi connectivity index (χ0v) is 17.1. The number of barbiturate groups is 1. The number of urea groups is 1. The predicted molar refractivity (Wildman–Crippen MR) is 116 cm³/mol. The lowest BCUT2D eigenvalue weighted by atomic mass is 10.1. The van der Waals surface area contributed by atoms with Gasteiger partial charge in [-0.1, -0.05) is 29.8 Å². The highest BCUT2D eigenvalue weighted by molar-refractivity contribution is 7.10. The molecule has 4 amide bonds. The zero-order valence-electron chi connectivity index (χ0n) is 15.5. The average molecular weight is 439 g/mol. The first-order valence-corrected chi connectivity index (χ1v) is 10.2. The molecule has 1 fully saturated rings. The number of anilines is 1. The van der Waals surface area contributed by atoms with Crippen LogP contribution < -0.4 is 15.0 Å². The van der Waals surface area contributed by atoms with E-state index in [9.17, 15) is 14.4 Å². The molecule has 1 saturated heterocycles. The Kier molecular flexibility index (Phi) is 5.65. The van der Waals surface area contributed by atoms with Crippen molar-refractivity contribution in [2.75, 3.05) is 4.90 Å². The standard InChI is InChI=1S/C22H15ClN2O4S/c23-15-5-3-14(4-6-15)13-29-17-9-7-16(8-10-17)25-21(27)19(20(26)24-22(25)28)12-18-2-1-11-30-18/h1-12H,13H2,(H,24,26,28)/b19-12+. The van der Waals surface area contributed by atoms with E-state index in [4.69, 9.17) is 16.3 Å². The summed E-state index contributed by atoms with van der Waals surface area (Å²) in [4.78, 5) is 38.9. The summed E-state index contributed by atoms with van der Waals surface area (Å²) >= 11 is 7.26. The Morgan fingerprint density at radius 3 is 2.40 bits per heavy atom. The fourth-order valence-electron chi connectivity index (χ4n) is 2.85. The van der Waals surface area contributed by atoms with Crippen molar-refractivity contribution in [3.8, 4) is 5.75 Å². The molecule has 3 aromatic rings. The number of rotatable bonds is 5. The highest BCUT2D eigenvalue weighted by Crippen LogP contribution is 2.25. The Balaban J connectivity index is 1.51. The molecule has 150 valence electrons. The van der Waals surface area contributed by atoms with E-state index in [2.05, 4.69) is 5.32 Å². The van der Waals surface area contributed by atoms with E-state index in [1.165, 1.54) is 17.4 Å². The van der Waals surface area contributed by atoms with Crippen molar-refractivity contribution in [2.45, 2.75) is 6.61 Å². The number of nitrogens with one attached hydrogen (secondary N) is 1. The van der Waals surface area contributed by atoms with Crippen LogP contribution in [-0.2, 0) is 16.2 Å². The summed E-state index contributed by atoms with van der Waals surface area (Å²) in [7, 11) is 0. The van der Waals surface area contributed by atoms with E-state index in [0.717, 1.165) is 15.3 Å². The molecule has 0 atom stereocenters. The SMILES string of the molecule is O=C1NC(=O)N(c2ccc(OCc3ccc(Cl)cc3)cc2)C(=O)/C1=C/c1cccs1. The minimum atomic E-state index is -0.789. The Bertz CT molecular complexity index is 1120. The minimum absolute atomic E-state index is 0.0971. The summed E-state index contributed by atoms with van der Waals surface area (Å²) in [6.45, 7) is 0.349. The highest BCUT2D eigenvalue weighted by Gasteiger charge is 2.36. The first-order valence-electron chi connectivity index (χ1n) is 8.93. The molecule has 4 rings (SSSR count). The number of hydrogen-bond acceptors (Lipinski definition) is 5. The molecule has 1 aliphatic heterocycles. The number of thiophene rings is 1. The normalized spacial score (nSPS) is 15.4. The number of carbonyl (C=O) groups excluding carboxylic acids is 3. The van der Waals surface area contributed by atoms with Crippen molar-refractivity contribution in [2.24, 2.45) is 0 Å². The summed E-state index contributed by atoms with van der Waals surface area (Å²) in [5.74, 6) is -0.812. The fraction of sp³-hybridized carbons (Fsp3) is 0.0455. The van der Waals surface area contributed by atoms with Gasteiger partial charge in [-0.3, -0.25) is 14.9 Å². The molecule has 0 saturated carbocycles. The molecule has 1 aromatic heterocycles.